The van der Waals surface area contributed by atoms with Crippen LogP contribution in [0.3, 0.4) is 0 Å². The Morgan fingerprint density at radius 1 is 1.03 bits per heavy atom. The van der Waals surface area contributed by atoms with Gasteiger partial charge in [-0.2, -0.15) is 5.10 Å². The van der Waals surface area contributed by atoms with E-state index in [4.69, 9.17) is 26.1 Å². The maximum atomic E-state index is 6.30. The molecule has 0 bridgehead atoms. The molecule has 5 aromatic rings. The van der Waals surface area contributed by atoms with E-state index < -0.39 is 0 Å². The highest BCUT2D eigenvalue weighted by molar-refractivity contribution is 7.07. The van der Waals surface area contributed by atoms with Crippen molar-refractivity contribution in [1.82, 2.24) is 9.66 Å². The van der Waals surface area contributed by atoms with Gasteiger partial charge in [-0.3, -0.25) is 0 Å². The molecule has 0 aliphatic carbocycles. The molecule has 2 aromatic carbocycles. The molecule has 0 spiro atoms. The van der Waals surface area contributed by atoms with E-state index in [9.17, 15) is 0 Å². The van der Waals surface area contributed by atoms with Crippen LogP contribution in [-0.2, 0) is 0 Å². The fourth-order valence-corrected chi connectivity index (χ4v) is 4.06. The summed E-state index contributed by atoms with van der Waals surface area (Å²) in [6.45, 7) is 0. The molecule has 0 unspecified atom stereocenters. The van der Waals surface area contributed by atoms with Gasteiger partial charge in [0.1, 0.15) is 5.69 Å². The predicted molar refractivity (Wildman–Crippen MR) is 118 cm³/mol. The number of halogens is 1. The van der Waals surface area contributed by atoms with Crippen molar-refractivity contribution in [2.45, 2.75) is 0 Å². The molecule has 142 valence electrons. The van der Waals surface area contributed by atoms with Crippen molar-refractivity contribution in [2.75, 3.05) is 0 Å². The van der Waals surface area contributed by atoms with Gasteiger partial charge in [-0.15, -0.1) is 11.3 Å². The SMILES string of the molecule is Clc1ccccc1N=c1scc(-c2ccco2)n1N=Cc1c[nH]c2ccccc12. The Morgan fingerprint density at radius 3 is 2.76 bits per heavy atom. The molecule has 29 heavy (non-hydrogen) atoms. The third-order valence-electron chi connectivity index (χ3n) is 4.46. The second kappa shape index (κ2) is 7.58. The third kappa shape index (κ3) is 3.44. The first-order chi connectivity index (χ1) is 14.3. The zero-order chi connectivity index (χ0) is 19.6. The normalized spacial score (nSPS) is 12.4. The van der Waals surface area contributed by atoms with E-state index in [0.29, 0.717) is 15.5 Å². The van der Waals surface area contributed by atoms with E-state index >= 15 is 0 Å². The molecule has 1 N–H and O–H groups in total. The van der Waals surface area contributed by atoms with Crippen LogP contribution < -0.4 is 4.80 Å². The molecule has 5 rings (SSSR count). The lowest BCUT2D eigenvalue weighted by atomic mass is 10.2. The van der Waals surface area contributed by atoms with Crippen LogP contribution in [-0.4, -0.2) is 15.9 Å². The lowest BCUT2D eigenvalue weighted by Gasteiger charge is -2.01. The Balaban J connectivity index is 1.66. The molecule has 3 aromatic heterocycles. The first-order valence-corrected chi connectivity index (χ1v) is 10.2. The number of thiazole rings is 1. The van der Waals surface area contributed by atoms with E-state index in [1.165, 1.54) is 11.3 Å². The topological polar surface area (TPSA) is 58.6 Å². The highest BCUT2D eigenvalue weighted by Crippen LogP contribution is 2.25. The van der Waals surface area contributed by atoms with Crippen molar-refractivity contribution < 1.29 is 4.42 Å². The molecule has 0 saturated heterocycles. The molecular formula is C22H15ClN4OS. The summed E-state index contributed by atoms with van der Waals surface area (Å²) < 4.78 is 7.37. The molecule has 0 amide bonds. The average molecular weight is 419 g/mol. The summed E-state index contributed by atoms with van der Waals surface area (Å²) in [6, 6.07) is 19.4. The standard InChI is InChI=1S/C22H15ClN4OS/c23-17-7-2-4-9-19(17)26-22-27(20(14-29-22)21-10-5-11-28-21)25-13-15-12-24-18-8-3-1-6-16(15)18/h1-14,24H. The van der Waals surface area contributed by atoms with Gasteiger partial charge >= 0.3 is 0 Å². The molecule has 0 saturated carbocycles. The monoisotopic (exact) mass is 418 g/mol. The molecule has 3 heterocycles. The summed E-state index contributed by atoms with van der Waals surface area (Å²) in [4.78, 5) is 8.68. The van der Waals surface area contributed by atoms with Gasteiger partial charge in [-0.1, -0.05) is 41.9 Å². The minimum absolute atomic E-state index is 0.590. The highest BCUT2D eigenvalue weighted by Gasteiger charge is 2.11. The minimum atomic E-state index is 0.590. The lowest BCUT2D eigenvalue weighted by Crippen LogP contribution is -2.11. The van der Waals surface area contributed by atoms with E-state index in [1.54, 1.807) is 10.9 Å². The molecule has 0 atom stereocenters. The molecule has 7 heteroatoms. The van der Waals surface area contributed by atoms with E-state index in [2.05, 4.69) is 11.1 Å². The maximum absolute atomic E-state index is 6.30. The fourth-order valence-electron chi connectivity index (χ4n) is 3.05. The number of H-pyrrole nitrogens is 1. The first kappa shape index (κ1) is 17.7. The largest absolute Gasteiger partial charge is 0.463 e. The second-order valence-electron chi connectivity index (χ2n) is 6.29. The molecule has 0 radical (unpaired) electrons. The maximum Gasteiger partial charge on any atom is 0.211 e. The van der Waals surface area contributed by atoms with Crippen LogP contribution in [0.5, 0.6) is 0 Å². The molecular weight excluding hydrogens is 404 g/mol. The smallest absolute Gasteiger partial charge is 0.211 e. The van der Waals surface area contributed by atoms with Crippen molar-refractivity contribution >= 4 is 45.7 Å². The number of benzene rings is 2. The van der Waals surface area contributed by atoms with Gasteiger partial charge in [0, 0.05) is 28.0 Å². The van der Waals surface area contributed by atoms with Gasteiger partial charge in [0.05, 0.1) is 23.2 Å². The number of fused-ring (bicyclic) bond motifs is 1. The lowest BCUT2D eigenvalue weighted by molar-refractivity contribution is 0.575. The van der Waals surface area contributed by atoms with Crippen LogP contribution >= 0.6 is 22.9 Å². The third-order valence-corrected chi connectivity index (χ3v) is 5.60. The number of aromatic nitrogens is 2. The Bertz CT molecular complexity index is 1380. The highest BCUT2D eigenvalue weighted by atomic mass is 35.5. The number of para-hydroxylation sites is 2. The molecule has 0 aliphatic heterocycles. The number of nitrogens with one attached hydrogen (secondary N) is 1. The predicted octanol–water partition coefficient (Wildman–Crippen LogP) is 6.06. The summed E-state index contributed by atoms with van der Waals surface area (Å²) in [6.07, 6.45) is 5.41. The fraction of sp³-hybridized carbons (Fsp3) is 0. The number of hydrogen-bond acceptors (Lipinski definition) is 4. The van der Waals surface area contributed by atoms with Crippen molar-refractivity contribution in [3.05, 3.63) is 93.9 Å². The average Bonchev–Trinajstić information content (AvgIpc) is 3.48. The van der Waals surface area contributed by atoms with Crippen molar-refractivity contribution in [2.24, 2.45) is 10.1 Å². The Kier molecular flexibility index (Phi) is 4.63. The number of rotatable bonds is 4. The summed E-state index contributed by atoms with van der Waals surface area (Å²) >= 11 is 7.77. The second-order valence-corrected chi connectivity index (χ2v) is 7.53. The Morgan fingerprint density at radius 2 is 1.90 bits per heavy atom. The quantitative estimate of drug-likeness (QED) is 0.354. The minimum Gasteiger partial charge on any atom is -0.463 e. The number of aromatic amines is 1. The van der Waals surface area contributed by atoms with Gasteiger partial charge < -0.3 is 9.40 Å². The van der Waals surface area contributed by atoms with E-state index in [1.807, 2.05) is 72.4 Å². The summed E-state index contributed by atoms with van der Waals surface area (Å²) in [5.41, 5.74) is 3.57. The van der Waals surface area contributed by atoms with Crippen LogP contribution in [0.4, 0.5) is 5.69 Å². The van der Waals surface area contributed by atoms with Crippen LogP contribution in [0.25, 0.3) is 22.4 Å². The van der Waals surface area contributed by atoms with E-state index in [0.717, 1.165) is 27.9 Å². The Labute approximate surface area is 175 Å². The van der Waals surface area contributed by atoms with Crippen LogP contribution in [0.15, 0.2) is 93.0 Å². The van der Waals surface area contributed by atoms with Crippen LogP contribution in [0.1, 0.15) is 5.56 Å². The summed E-state index contributed by atoms with van der Waals surface area (Å²) in [7, 11) is 0. The van der Waals surface area contributed by atoms with Crippen LogP contribution in [0.2, 0.25) is 5.02 Å². The van der Waals surface area contributed by atoms with Crippen molar-refractivity contribution in [3.63, 3.8) is 0 Å². The van der Waals surface area contributed by atoms with Crippen LogP contribution in [0, 0.1) is 0 Å². The molecule has 5 nitrogen and oxygen atoms in total. The van der Waals surface area contributed by atoms with Gasteiger partial charge in [-0.25, -0.2) is 9.67 Å². The summed E-state index contributed by atoms with van der Waals surface area (Å²) in [5, 5.41) is 8.40. The number of hydrogen-bond donors (Lipinski definition) is 1. The molecule has 0 fully saturated rings. The van der Waals surface area contributed by atoms with Gasteiger partial charge in [0.2, 0.25) is 4.80 Å². The molecule has 0 aliphatic rings. The Hall–Kier alpha value is -3.35. The van der Waals surface area contributed by atoms with Gasteiger partial charge in [-0.05, 0) is 30.3 Å². The summed E-state index contributed by atoms with van der Waals surface area (Å²) in [5.74, 6) is 0.720. The number of nitrogens with zero attached hydrogens (tertiary/aromatic N) is 3. The van der Waals surface area contributed by atoms with Gasteiger partial charge in [0.25, 0.3) is 0 Å². The van der Waals surface area contributed by atoms with Crippen molar-refractivity contribution in [3.8, 4) is 11.5 Å². The van der Waals surface area contributed by atoms with Crippen molar-refractivity contribution in [1.29, 1.82) is 0 Å². The van der Waals surface area contributed by atoms with E-state index in [-0.39, 0.29) is 0 Å². The van der Waals surface area contributed by atoms with Gasteiger partial charge in [0.15, 0.2) is 5.76 Å². The first-order valence-electron chi connectivity index (χ1n) is 8.94. The zero-order valence-corrected chi connectivity index (χ0v) is 16.7. The number of furan rings is 1. The zero-order valence-electron chi connectivity index (χ0n) is 15.1.